The number of ketones is 2. The normalized spacial score (nSPS) is 23.1. The number of allylic oxidation sites excluding steroid dienone is 2. The van der Waals surface area contributed by atoms with Gasteiger partial charge in [-0.1, -0.05) is 0 Å². The van der Waals surface area contributed by atoms with Gasteiger partial charge >= 0.3 is 0 Å². The van der Waals surface area contributed by atoms with E-state index < -0.39 is 6.10 Å². The third-order valence-electron chi connectivity index (χ3n) is 3.32. The number of nitrogens with one attached hydrogen (secondary N) is 1. The summed E-state index contributed by atoms with van der Waals surface area (Å²) >= 11 is 0. The molecule has 2 N–H and O–H groups in total. The predicted octanol–water partition coefficient (Wildman–Crippen LogP) is 1.32. The Kier molecular flexibility index (Phi) is 1.74. The fourth-order valence-electron chi connectivity index (χ4n) is 2.49. The SMILES string of the molecule is CC1=CC(=O)c2[nH]c3c(c2C1=O)CCC3O. The first-order chi connectivity index (χ1) is 7.59. The number of aliphatic hydroxyl groups is 1. The van der Waals surface area contributed by atoms with Crippen LogP contribution in [0.1, 0.15) is 51.6 Å². The quantitative estimate of drug-likeness (QED) is 0.688. The van der Waals surface area contributed by atoms with Crippen LogP contribution in [0.5, 0.6) is 0 Å². The summed E-state index contributed by atoms with van der Waals surface area (Å²) in [4.78, 5) is 26.6. The fourth-order valence-corrected chi connectivity index (χ4v) is 2.49. The van der Waals surface area contributed by atoms with E-state index in [0.29, 0.717) is 35.4 Å². The van der Waals surface area contributed by atoms with Crippen LogP contribution in [0, 0.1) is 0 Å². The molecule has 1 unspecified atom stereocenters. The molecule has 0 fully saturated rings. The van der Waals surface area contributed by atoms with E-state index in [2.05, 4.69) is 4.98 Å². The summed E-state index contributed by atoms with van der Waals surface area (Å²) in [5, 5.41) is 9.70. The topological polar surface area (TPSA) is 70.2 Å². The van der Waals surface area contributed by atoms with Gasteiger partial charge in [0.25, 0.3) is 0 Å². The lowest BCUT2D eigenvalue weighted by molar-refractivity contribution is 0.0981. The first kappa shape index (κ1) is 9.54. The maximum absolute atomic E-state index is 12.0. The molecule has 2 aliphatic rings. The molecule has 4 nitrogen and oxygen atoms in total. The number of carbonyl (C=O) groups is 2. The molecule has 0 spiro atoms. The van der Waals surface area contributed by atoms with Gasteiger partial charge in [0.15, 0.2) is 5.78 Å². The maximum Gasteiger partial charge on any atom is 0.203 e. The summed E-state index contributed by atoms with van der Waals surface area (Å²) in [6.45, 7) is 1.65. The van der Waals surface area contributed by atoms with Crippen LogP contribution in [-0.4, -0.2) is 21.7 Å². The molecule has 1 heterocycles. The molecule has 3 rings (SSSR count). The highest BCUT2D eigenvalue weighted by atomic mass is 16.3. The Hall–Kier alpha value is -1.68. The van der Waals surface area contributed by atoms with E-state index in [-0.39, 0.29) is 11.6 Å². The third-order valence-corrected chi connectivity index (χ3v) is 3.32. The molecule has 1 aromatic heterocycles. The summed E-state index contributed by atoms with van der Waals surface area (Å²) in [6, 6.07) is 0. The minimum Gasteiger partial charge on any atom is -0.387 e. The number of carbonyl (C=O) groups excluding carboxylic acids is 2. The maximum atomic E-state index is 12.0. The second kappa shape index (κ2) is 2.92. The van der Waals surface area contributed by atoms with Gasteiger partial charge in [-0.3, -0.25) is 9.59 Å². The molecule has 1 atom stereocenters. The number of H-pyrrole nitrogens is 1. The van der Waals surface area contributed by atoms with Crippen molar-refractivity contribution in [1.82, 2.24) is 4.98 Å². The number of aromatic amines is 1. The van der Waals surface area contributed by atoms with Gasteiger partial charge in [-0.25, -0.2) is 0 Å². The van der Waals surface area contributed by atoms with Crippen LogP contribution < -0.4 is 0 Å². The van der Waals surface area contributed by atoms with Gasteiger partial charge in [-0.05, 0) is 31.4 Å². The largest absolute Gasteiger partial charge is 0.387 e. The zero-order valence-corrected chi connectivity index (χ0v) is 8.83. The van der Waals surface area contributed by atoms with Gasteiger partial charge in [0.2, 0.25) is 5.78 Å². The van der Waals surface area contributed by atoms with Crippen molar-refractivity contribution in [2.45, 2.75) is 25.9 Å². The highest BCUT2D eigenvalue weighted by Crippen LogP contribution is 2.37. The first-order valence-corrected chi connectivity index (χ1v) is 5.29. The Labute approximate surface area is 92.0 Å². The van der Waals surface area contributed by atoms with Crippen molar-refractivity contribution in [2.75, 3.05) is 0 Å². The van der Waals surface area contributed by atoms with Crippen LogP contribution >= 0.6 is 0 Å². The molecule has 1 aromatic rings. The van der Waals surface area contributed by atoms with Crippen LogP contribution in [0.4, 0.5) is 0 Å². The van der Waals surface area contributed by atoms with Crippen molar-refractivity contribution < 1.29 is 14.7 Å². The lowest BCUT2D eigenvalue weighted by Gasteiger charge is -2.09. The highest BCUT2D eigenvalue weighted by molar-refractivity contribution is 6.24. The van der Waals surface area contributed by atoms with Crippen LogP contribution in [0.25, 0.3) is 0 Å². The number of rotatable bonds is 0. The van der Waals surface area contributed by atoms with E-state index in [1.807, 2.05) is 0 Å². The van der Waals surface area contributed by atoms with Gasteiger partial charge in [0.05, 0.1) is 17.4 Å². The van der Waals surface area contributed by atoms with E-state index in [1.54, 1.807) is 6.92 Å². The van der Waals surface area contributed by atoms with Gasteiger partial charge in [0, 0.05) is 11.3 Å². The summed E-state index contributed by atoms with van der Waals surface area (Å²) in [7, 11) is 0. The van der Waals surface area contributed by atoms with Gasteiger partial charge in [0.1, 0.15) is 0 Å². The van der Waals surface area contributed by atoms with E-state index in [4.69, 9.17) is 0 Å². The molecule has 4 heteroatoms. The first-order valence-electron chi connectivity index (χ1n) is 5.29. The summed E-state index contributed by atoms with van der Waals surface area (Å²) in [5.41, 5.74) is 2.78. The molecule has 16 heavy (non-hydrogen) atoms. The predicted molar refractivity (Wildman–Crippen MR) is 56.5 cm³/mol. The Bertz CT molecular complexity index is 551. The number of Topliss-reactive ketones (excluding diaryl/α,β-unsaturated/α-hetero) is 1. The van der Waals surface area contributed by atoms with Crippen molar-refractivity contribution >= 4 is 11.6 Å². The molecule has 0 aromatic carbocycles. The van der Waals surface area contributed by atoms with Crippen molar-refractivity contribution in [3.05, 3.63) is 34.2 Å². The lowest BCUT2D eigenvalue weighted by Crippen LogP contribution is -2.15. The van der Waals surface area contributed by atoms with Gasteiger partial charge in [-0.15, -0.1) is 0 Å². The monoisotopic (exact) mass is 217 g/mol. The smallest absolute Gasteiger partial charge is 0.203 e. The zero-order valence-electron chi connectivity index (χ0n) is 8.83. The molecule has 2 aliphatic carbocycles. The summed E-state index contributed by atoms with van der Waals surface area (Å²) in [6.07, 6.45) is 2.07. The van der Waals surface area contributed by atoms with E-state index >= 15 is 0 Å². The number of hydrogen-bond acceptors (Lipinski definition) is 3. The van der Waals surface area contributed by atoms with E-state index in [1.165, 1.54) is 6.08 Å². The van der Waals surface area contributed by atoms with Crippen molar-refractivity contribution in [3.8, 4) is 0 Å². The van der Waals surface area contributed by atoms with E-state index in [9.17, 15) is 14.7 Å². The standard InChI is InChI=1S/C12H11NO3/c1-5-4-8(15)11-9(12(5)16)6-2-3-7(14)10(6)13-11/h4,7,13-14H,2-3H2,1H3. The van der Waals surface area contributed by atoms with Crippen LogP contribution in [-0.2, 0) is 6.42 Å². The van der Waals surface area contributed by atoms with Crippen LogP contribution in [0.3, 0.4) is 0 Å². The minimum atomic E-state index is -0.568. The Morgan fingerprint density at radius 3 is 2.94 bits per heavy atom. The Morgan fingerprint density at radius 2 is 2.19 bits per heavy atom. The number of fused-ring (bicyclic) bond motifs is 3. The molecule has 0 radical (unpaired) electrons. The van der Waals surface area contributed by atoms with Crippen molar-refractivity contribution in [3.63, 3.8) is 0 Å². The van der Waals surface area contributed by atoms with Crippen LogP contribution in [0.2, 0.25) is 0 Å². The summed E-state index contributed by atoms with van der Waals surface area (Å²) in [5.74, 6) is -0.269. The molecule has 82 valence electrons. The number of aliphatic hydroxyl groups excluding tert-OH is 1. The molecular formula is C12H11NO3. The molecule has 0 amide bonds. The van der Waals surface area contributed by atoms with E-state index in [0.717, 1.165) is 5.56 Å². The summed E-state index contributed by atoms with van der Waals surface area (Å²) < 4.78 is 0. The Balaban J connectivity index is 2.27. The zero-order chi connectivity index (χ0) is 11.4. The average Bonchev–Trinajstić information content (AvgIpc) is 2.76. The second-order valence-corrected chi connectivity index (χ2v) is 4.34. The minimum absolute atomic E-state index is 0.0961. The average molecular weight is 217 g/mol. The third kappa shape index (κ3) is 1.02. The lowest BCUT2D eigenvalue weighted by atomic mass is 9.92. The van der Waals surface area contributed by atoms with Gasteiger partial charge in [-0.2, -0.15) is 0 Å². The molecule has 0 saturated carbocycles. The van der Waals surface area contributed by atoms with Crippen molar-refractivity contribution in [2.24, 2.45) is 0 Å². The molecule has 0 saturated heterocycles. The number of hydrogen-bond donors (Lipinski definition) is 2. The highest BCUT2D eigenvalue weighted by Gasteiger charge is 2.35. The number of aromatic nitrogens is 1. The second-order valence-electron chi connectivity index (χ2n) is 4.34. The van der Waals surface area contributed by atoms with Gasteiger partial charge < -0.3 is 10.1 Å². The molecular weight excluding hydrogens is 206 g/mol. The van der Waals surface area contributed by atoms with Crippen LogP contribution in [0.15, 0.2) is 11.6 Å². The Morgan fingerprint density at radius 1 is 1.44 bits per heavy atom. The molecule has 0 aliphatic heterocycles. The molecule has 0 bridgehead atoms. The van der Waals surface area contributed by atoms with Crippen molar-refractivity contribution in [1.29, 1.82) is 0 Å². The fraction of sp³-hybridized carbons (Fsp3) is 0.333.